The molecule has 5 heteroatoms. The summed E-state index contributed by atoms with van der Waals surface area (Å²) in [4.78, 5) is 26.4. The first-order chi connectivity index (χ1) is 12.1. The van der Waals surface area contributed by atoms with Crippen molar-refractivity contribution in [1.29, 1.82) is 0 Å². The third-order valence-corrected chi connectivity index (χ3v) is 6.51. The third kappa shape index (κ3) is 3.15. The van der Waals surface area contributed by atoms with Crippen molar-refractivity contribution in [1.82, 2.24) is 0 Å². The average molecular weight is 427 g/mol. The molecule has 0 saturated heterocycles. The zero-order chi connectivity index (χ0) is 17.4. The van der Waals surface area contributed by atoms with Gasteiger partial charge in [-0.1, -0.05) is 34.1 Å². The zero-order valence-electron chi connectivity index (χ0n) is 12.9. The van der Waals surface area contributed by atoms with Gasteiger partial charge in [0.25, 0.3) is 0 Å². The van der Waals surface area contributed by atoms with Gasteiger partial charge in [-0.05, 0) is 60.3 Å². The van der Waals surface area contributed by atoms with Crippen LogP contribution in [-0.2, 0) is 0 Å². The second-order valence-electron chi connectivity index (χ2n) is 5.45. The summed E-state index contributed by atoms with van der Waals surface area (Å²) in [6, 6.07) is 20.5. The standard InChI is InChI=1S/C20H11BrO2S2/c21-12-8-10-13(11-9-12)24-20(23)16-6-3-5-15-18(22)14-4-1-2-7-17(14)25-19(15)16/h1-11H. The molecule has 2 nitrogen and oxygen atoms in total. The molecular formula is C20H11BrO2S2. The molecule has 0 aliphatic rings. The van der Waals surface area contributed by atoms with Crippen LogP contribution in [0.25, 0.3) is 20.2 Å². The van der Waals surface area contributed by atoms with Crippen molar-refractivity contribution in [3.05, 3.63) is 87.0 Å². The van der Waals surface area contributed by atoms with Crippen LogP contribution in [-0.4, -0.2) is 5.12 Å². The molecule has 122 valence electrons. The van der Waals surface area contributed by atoms with Gasteiger partial charge in [-0.15, -0.1) is 11.3 Å². The number of benzene rings is 3. The van der Waals surface area contributed by atoms with Crippen molar-refractivity contribution >= 4 is 64.3 Å². The lowest BCUT2D eigenvalue weighted by Crippen LogP contribution is -2.03. The van der Waals surface area contributed by atoms with Gasteiger partial charge in [0.05, 0.1) is 4.70 Å². The second kappa shape index (κ2) is 6.75. The van der Waals surface area contributed by atoms with Gasteiger partial charge in [-0.25, -0.2) is 0 Å². The topological polar surface area (TPSA) is 34.1 Å². The van der Waals surface area contributed by atoms with E-state index in [1.54, 1.807) is 18.2 Å². The Morgan fingerprint density at radius 1 is 0.880 bits per heavy atom. The molecule has 0 saturated carbocycles. The molecule has 0 atom stereocenters. The van der Waals surface area contributed by atoms with Crippen LogP contribution in [0.1, 0.15) is 10.4 Å². The Bertz CT molecular complexity index is 1160. The number of fused-ring (bicyclic) bond motifs is 2. The minimum absolute atomic E-state index is 0.0207. The smallest absolute Gasteiger partial charge is 0.225 e. The van der Waals surface area contributed by atoms with Crippen LogP contribution in [0.5, 0.6) is 0 Å². The Morgan fingerprint density at radius 3 is 2.40 bits per heavy atom. The maximum Gasteiger partial charge on any atom is 0.225 e. The van der Waals surface area contributed by atoms with Crippen LogP contribution in [0, 0.1) is 0 Å². The predicted octanol–water partition coefficient (Wildman–Crippen LogP) is 6.11. The van der Waals surface area contributed by atoms with Crippen molar-refractivity contribution in [2.75, 3.05) is 0 Å². The van der Waals surface area contributed by atoms with Crippen LogP contribution in [0.3, 0.4) is 0 Å². The summed E-state index contributed by atoms with van der Waals surface area (Å²) in [7, 11) is 0. The van der Waals surface area contributed by atoms with Crippen LogP contribution >= 0.6 is 39.0 Å². The van der Waals surface area contributed by atoms with E-state index in [1.165, 1.54) is 23.1 Å². The summed E-state index contributed by atoms with van der Waals surface area (Å²) in [5, 5.41) is 1.25. The number of carbonyl (C=O) groups is 1. The Hall–Kier alpha value is -1.95. The molecule has 0 bridgehead atoms. The molecule has 0 aliphatic carbocycles. The number of halogens is 1. The molecule has 4 aromatic rings. The Labute approximate surface area is 160 Å². The summed E-state index contributed by atoms with van der Waals surface area (Å²) in [5.41, 5.74) is 0.561. The van der Waals surface area contributed by atoms with Gasteiger partial charge in [0.15, 0.2) is 5.43 Å². The maximum atomic E-state index is 12.8. The average Bonchev–Trinajstić information content (AvgIpc) is 2.63. The lowest BCUT2D eigenvalue weighted by atomic mass is 10.1. The van der Waals surface area contributed by atoms with E-state index in [2.05, 4.69) is 15.9 Å². The molecule has 0 radical (unpaired) electrons. The molecule has 1 aromatic heterocycles. The van der Waals surface area contributed by atoms with Gasteiger partial charge in [0.2, 0.25) is 5.12 Å². The number of hydrogen-bond acceptors (Lipinski definition) is 4. The first-order valence-electron chi connectivity index (χ1n) is 7.56. The number of hydrogen-bond donors (Lipinski definition) is 0. The van der Waals surface area contributed by atoms with E-state index < -0.39 is 0 Å². The molecule has 0 aliphatic heterocycles. The van der Waals surface area contributed by atoms with Crippen LogP contribution in [0.15, 0.2) is 80.9 Å². The zero-order valence-corrected chi connectivity index (χ0v) is 16.1. The van der Waals surface area contributed by atoms with Crippen molar-refractivity contribution in [3.63, 3.8) is 0 Å². The molecule has 3 aromatic carbocycles. The van der Waals surface area contributed by atoms with Crippen molar-refractivity contribution in [2.45, 2.75) is 4.90 Å². The van der Waals surface area contributed by atoms with E-state index in [0.717, 1.165) is 18.8 Å². The largest absolute Gasteiger partial charge is 0.289 e. The van der Waals surface area contributed by atoms with E-state index in [9.17, 15) is 9.59 Å². The maximum absolute atomic E-state index is 12.8. The van der Waals surface area contributed by atoms with Gasteiger partial charge >= 0.3 is 0 Å². The lowest BCUT2D eigenvalue weighted by molar-refractivity contribution is 0.109. The third-order valence-electron chi connectivity index (χ3n) is 3.85. The van der Waals surface area contributed by atoms with E-state index in [1.807, 2.05) is 48.5 Å². The van der Waals surface area contributed by atoms with Crippen LogP contribution in [0.4, 0.5) is 0 Å². The first kappa shape index (κ1) is 16.5. The lowest BCUT2D eigenvalue weighted by Gasteiger charge is -2.06. The van der Waals surface area contributed by atoms with Crippen molar-refractivity contribution < 1.29 is 4.79 Å². The summed E-state index contributed by atoms with van der Waals surface area (Å²) in [5.74, 6) is 0. The SMILES string of the molecule is O=C(Sc1ccc(Br)cc1)c1cccc2c(=O)c3ccccc3sc12. The van der Waals surface area contributed by atoms with E-state index in [-0.39, 0.29) is 10.5 Å². The Morgan fingerprint density at radius 2 is 1.60 bits per heavy atom. The Kier molecular flexibility index (Phi) is 4.46. The first-order valence-corrected chi connectivity index (χ1v) is 9.98. The van der Waals surface area contributed by atoms with E-state index >= 15 is 0 Å². The number of thioether (sulfide) groups is 1. The van der Waals surface area contributed by atoms with Gasteiger partial charge in [-0.2, -0.15) is 0 Å². The van der Waals surface area contributed by atoms with Crippen molar-refractivity contribution in [2.24, 2.45) is 0 Å². The molecule has 0 amide bonds. The highest BCUT2D eigenvalue weighted by atomic mass is 79.9. The quantitative estimate of drug-likeness (QED) is 0.286. The normalized spacial score (nSPS) is 11.1. The summed E-state index contributed by atoms with van der Waals surface area (Å²) >= 11 is 6.06. The highest BCUT2D eigenvalue weighted by Crippen LogP contribution is 2.31. The van der Waals surface area contributed by atoms with E-state index in [4.69, 9.17) is 0 Å². The monoisotopic (exact) mass is 426 g/mol. The van der Waals surface area contributed by atoms with Gasteiger partial charge in [0, 0.05) is 30.4 Å². The predicted molar refractivity (Wildman–Crippen MR) is 110 cm³/mol. The fourth-order valence-electron chi connectivity index (χ4n) is 2.65. The van der Waals surface area contributed by atoms with Crippen LogP contribution < -0.4 is 5.43 Å². The molecule has 25 heavy (non-hydrogen) atoms. The van der Waals surface area contributed by atoms with Crippen molar-refractivity contribution in [3.8, 4) is 0 Å². The van der Waals surface area contributed by atoms with Crippen LogP contribution in [0.2, 0.25) is 0 Å². The fraction of sp³-hybridized carbons (Fsp3) is 0. The number of carbonyl (C=O) groups excluding carboxylic acids is 1. The minimum Gasteiger partial charge on any atom is -0.289 e. The molecule has 0 unspecified atom stereocenters. The molecule has 0 N–H and O–H groups in total. The highest BCUT2D eigenvalue weighted by molar-refractivity contribution is 9.10. The minimum atomic E-state index is -0.0566. The molecule has 0 spiro atoms. The number of rotatable bonds is 2. The highest BCUT2D eigenvalue weighted by Gasteiger charge is 2.15. The Balaban J connectivity index is 1.85. The van der Waals surface area contributed by atoms with E-state index in [0.29, 0.717) is 16.3 Å². The summed E-state index contributed by atoms with van der Waals surface area (Å²) in [6.07, 6.45) is 0. The molecule has 1 heterocycles. The molecular weight excluding hydrogens is 416 g/mol. The van der Waals surface area contributed by atoms with Gasteiger partial charge in [-0.3, -0.25) is 9.59 Å². The van der Waals surface area contributed by atoms with Gasteiger partial charge in [0.1, 0.15) is 0 Å². The molecule has 0 fully saturated rings. The summed E-state index contributed by atoms with van der Waals surface area (Å²) in [6.45, 7) is 0. The fourth-order valence-corrected chi connectivity index (χ4v) is 4.92. The second-order valence-corrected chi connectivity index (χ2v) is 8.47. The summed E-state index contributed by atoms with van der Waals surface area (Å²) < 4.78 is 2.62. The van der Waals surface area contributed by atoms with Gasteiger partial charge < -0.3 is 0 Å². The molecule has 4 rings (SSSR count).